The molecule has 1 aromatic rings. The highest BCUT2D eigenvalue weighted by Crippen LogP contribution is 2.32. The zero-order valence-corrected chi connectivity index (χ0v) is 14.7. The molecule has 21 heavy (non-hydrogen) atoms. The van der Waals surface area contributed by atoms with Crippen LogP contribution in [0.25, 0.3) is 0 Å². The summed E-state index contributed by atoms with van der Waals surface area (Å²) in [6, 6.07) is 9.73. The maximum absolute atomic E-state index is 3.68. The second kappa shape index (κ2) is 8.85. The zero-order valence-electron chi connectivity index (χ0n) is 13.9. The normalized spacial score (nSPS) is 17.5. The Morgan fingerprint density at radius 1 is 1.24 bits per heavy atom. The monoisotopic (exact) mass is 305 g/mol. The van der Waals surface area contributed by atoms with E-state index in [4.69, 9.17) is 0 Å². The minimum Gasteiger partial charge on any atom is -0.310 e. The van der Waals surface area contributed by atoms with E-state index in [2.05, 4.69) is 62.1 Å². The molecule has 0 amide bonds. The Morgan fingerprint density at radius 2 is 2.00 bits per heavy atom. The summed E-state index contributed by atoms with van der Waals surface area (Å²) in [6.45, 7) is 7.85. The van der Waals surface area contributed by atoms with E-state index in [0.717, 1.165) is 17.7 Å². The van der Waals surface area contributed by atoms with Crippen LogP contribution in [0.4, 0.5) is 0 Å². The van der Waals surface area contributed by atoms with Gasteiger partial charge in [0.25, 0.3) is 0 Å². The molecule has 0 bridgehead atoms. The first-order chi connectivity index (χ1) is 10.2. The lowest BCUT2D eigenvalue weighted by atomic mass is 9.99. The van der Waals surface area contributed by atoms with Crippen LogP contribution in [0.1, 0.15) is 63.6 Å². The van der Waals surface area contributed by atoms with Crippen molar-refractivity contribution in [3.8, 4) is 0 Å². The van der Waals surface area contributed by atoms with Crippen LogP contribution in [0.15, 0.2) is 24.3 Å². The van der Waals surface area contributed by atoms with E-state index in [-0.39, 0.29) is 0 Å². The van der Waals surface area contributed by atoms with Crippen molar-refractivity contribution in [2.45, 2.75) is 64.2 Å². The van der Waals surface area contributed by atoms with Gasteiger partial charge in [-0.05, 0) is 42.9 Å². The molecule has 0 heterocycles. The Morgan fingerprint density at radius 3 is 2.67 bits per heavy atom. The molecule has 1 N–H and O–H groups in total. The van der Waals surface area contributed by atoms with E-state index < -0.39 is 0 Å². The number of benzene rings is 1. The van der Waals surface area contributed by atoms with Crippen LogP contribution >= 0.6 is 11.8 Å². The SMILES string of the molecule is CCNC(CSC1CCCC1)c1cccc(CC(C)C)c1. The van der Waals surface area contributed by atoms with Gasteiger partial charge in [-0.25, -0.2) is 0 Å². The van der Waals surface area contributed by atoms with Crippen molar-refractivity contribution < 1.29 is 0 Å². The van der Waals surface area contributed by atoms with Crippen molar-refractivity contribution in [2.75, 3.05) is 12.3 Å². The maximum Gasteiger partial charge on any atom is 0.0411 e. The molecule has 1 nitrogen and oxygen atoms in total. The van der Waals surface area contributed by atoms with Gasteiger partial charge in [-0.3, -0.25) is 0 Å². The average Bonchev–Trinajstić information content (AvgIpc) is 2.96. The van der Waals surface area contributed by atoms with Gasteiger partial charge in [0.15, 0.2) is 0 Å². The fourth-order valence-corrected chi connectivity index (χ4v) is 4.66. The minimum atomic E-state index is 0.507. The fraction of sp³-hybridized carbons (Fsp3) is 0.684. The minimum absolute atomic E-state index is 0.507. The molecule has 1 aromatic carbocycles. The molecule has 1 unspecified atom stereocenters. The first-order valence-electron chi connectivity index (χ1n) is 8.63. The Kier molecular flexibility index (Phi) is 7.12. The molecular formula is C19H31NS. The highest BCUT2D eigenvalue weighted by molar-refractivity contribution is 7.99. The number of hydrogen-bond donors (Lipinski definition) is 1. The predicted octanol–water partition coefficient (Wildman–Crippen LogP) is 5.21. The van der Waals surface area contributed by atoms with Gasteiger partial charge >= 0.3 is 0 Å². The van der Waals surface area contributed by atoms with Gasteiger partial charge in [0.2, 0.25) is 0 Å². The molecule has 0 aromatic heterocycles. The Balaban J connectivity index is 1.98. The summed E-state index contributed by atoms with van der Waals surface area (Å²) in [4.78, 5) is 0. The predicted molar refractivity (Wildman–Crippen MR) is 96.1 cm³/mol. The molecule has 118 valence electrons. The summed E-state index contributed by atoms with van der Waals surface area (Å²) < 4.78 is 0. The van der Waals surface area contributed by atoms with Crippen molar-refractivity contribution in [3.63, 3.8) is 0 Å². The topological polar surface area (TPSA) is 12.0 Å². The quantitative estimate of drug-likeness (QED) is 0.707. The maximum atomic E-state index is 3.68. The van der Waals surface area contributed by atoms with Crippen LogP contribution in [0, 0.1) is 5.92 Å². The van der Waals surface area contributed by atoms with Gasteiger partial charge in [0.1, 0.15) is 0 Å². The third-order valence-corrected chi connectivity index (χ3v) is 5.72. The van der Waals surface area contributed by atoms with Gasteiger partial charge in [-0.15, -0.1) is 0 Å². The Labute approximate surface area is 135 Å². The van der Waals surface area contributed by atoms with Crippen molar-refractivity contribution >= 4 is 11.8 Å². The molecule has 1 saturated carbocycles. The second-order valence-electron chi connectivity index (χ2n) is 6.69. The molecule has 1 aliphatic carbocycles. The molecule has 1 aliphatic rings. The van der Waals surface area contributed by atoms with E-state index in [1.165, 1.54) is 49.0 Å². The second-order valence-corrected chi connectivity index (χ2v) is 8.03. The lowest BCUT2D eigenvalue weighted by Gasteiger charge is -2.21. The molecule has 2 rings (SSSR count). The highest BCUT2D eigenvalue weighted by Gasteiger charge is 2.18. The van der Waals surface area contributed by atoms with Crippen LogP contribution < -0.4 is 5.32 Å². The van der Waals surface area contributed by atoms with Gasteiger partial charge in [-0.2, -0.15) is 11.8 Å². The summed E-state index contributed by atoms with van der Waals surface area (Å²) in [5.41, 5.74) is 2.96. The average molecular weight is 306 g/mol. The van der Waals surface area contributed by atoms with Crippen molar-refractivity contribution in [2.24, 2.45) is 5.92 Å². The van der Waals surface area contributed by atoms with Crippen molar-refractivity contribution in [3.05, 3.63) is 35.4 Å². The van der Waals surface area contributed by atoms with E-state index in [9.17, 15) is 0 Å². The summed E-state index contributed by atoms with van der Waals surface area (Å²) in [5, 5.41) is 4.59. The Bertz CT molecular complexity index is 410. The van der Waals surface area contributed by atoms with Gasteiger partial charge in [0.05, 0.1) is 0 Å². The van der Waals surface area contributed by atoms with E-state index in [1.54, 1.807) is 0 Å². The van der Waals surface area contributed by atoms with Crippen molar-refractivity contribution in [1.29, 1.82) is 0 Å². The van der Waals surface area contributed by atoms with Crippen LogP contribution in [-0.2, 0) is 6.42 Å². The van der Waals surface area contributed by atoms with E-state index in [1.807, 2.05) is 0 Å². The van der Waals surface area contributed by atoms with Gasteiger partial charge < -0.3 is 5.32 Å². The third-order valence-electron chi connectivity index (χ3n) is 4.25. The smallest absolute Gasteiger partial charge is 0.0411 e. The number of thioether (sulfide) groups is 1. The Hall–Kier alpha value is -0.470. The summed E-state index contributed by atoms with van der Waals surface area (Å²) >= 11 is 2.18. The summed E-state index contributed by atoms with van der Waals surface area (Å²) in [6.07, 6.45) is 6.91. The third kappa shape index (κ3) is 5.67. The lowest BCUT2D eigenvalue weighted by molar-refractivity contribution is 0.601. The number of rotatable bonds is 8. The van der Waals surface area contributed by atoms with E-state index in [0.29, 0.717) is 6.04 Å². The molecule has 0 radical (unpaired) electrons. The van der Waals surface area contributed by atoms with Gasteiger partial charge in [0, 0.05) is 17.0 Å². The number of hydrogen-bond acceptors (Lipinski definition) is 2. The summed E-state index contributed by atoms with van der Waals surface area (Å²) in [7, 11) is 0. The van der Waals surface area contributed by atoms with Crippen LogP contribution in [0.2, 0.25) is 0 Å². The van der Waals surface area contributed by atoms with Crippen LogP contribution in [-0.4, -0.2) is 17.5 Å². The summed E-state index contributed by atoms with van der Waals surface area (Å²) in [5.74, 6) is 1.94. The van der Waals surface area contributed by atoms with Crippen LogP contribution in [0.5, 0.6) is 0 Å². The largest absolute Gasteiger partial charge is 0.310 e. The van der Waals surface area contributed by atoms with Crippen molar-refractivity contribution in [1.82, 2.24) is 5.32 Å². The molecule has 0 saturated heterocycles. The molecular weight excluding hydrogens is 274 g/mol. The standard InChI is InChI=1S/C19H31NS/c1-4-20-19(14-21-18-10-5-6-11-18)17-9-7-8-16(13-17)12-15(2)3/h7-9,13,15,18-20H,4-6,10-12,14H2,1-3H3. The van der Waals surface area contributed by atoms with Gasteiger partial charge in [-0.1, -0.05) is 57.9 Å². The number of nitrogens with one attached hydrogen (secondary N) is 1. The molecule has 0 spiro atoms. The molecule has 1 atom stereocenters. The zero-order chi connectivity index (χ0) is 15.1. The molecule has 1 fully saturated rings. The highest BCUT2D eigenvalue weighted by atomic mass is 32.2. The lowest BCUT2D eigenvalue weighted by Crippen LogP contribution is -2.24. The fourth-order valence-electron chi connectivity index (χ4n) is 3.21. The first kappa shape index (κ1) is 16.9. The first-order valence-corrected chi connectivity index (χ1v) is 9.67. The molecule has 0 aliphatic heterocycles. The van der Waals surface area contributed by atoms with E-state index >= 15 is 0 Å². The molecule has 2 heteroatoms. The van der Waals surface area contributed by atoms with Crippen LogP contribution in [0.3, 0.4) is 0 Å².